The van der Waals surface area contributed by atoms with Gasteiger partial charge in [-0.3, -0.25) is 9.69 Å². The highest BCUT2D eigenvalue weighted by atomic mass is 16.1. The number of ketones is 1. The van der Waals surface area contributed by atoms with Gasteiger partial charge >= 0.3 is 0 Å². The van der Waals surface area contributed by atoms with E-state index in [-0.39, 0.29) is 5.78 Å². The van der Waals surface area contributed by atoms with Gasteiger partial charge < -0.3 is 0 Å². The van der Waals surface area contributed by atoms with E-state index in [1.54, 1.807) is 0 Å². The van der Waals surface area contributed by atoms with Gasteiger partial charge in [0.2, 0.25) is 0 Å². The fraction of sp³-hybridized carbons (Fsp3) is 0.529. The number of likely N-dealkylation sites (N-methyl/N-ethyl adjacent to an activating group) is 1. The van der Waals surface area contributed by atoms with Crippen molar-refractivity contribution in [1.82, 2.24) is 4.90 Å². The highest BCUT2D eigenvalue weighted by molar-refractivity contribution is 5.90. The van der Waals surface area contributed by atoms with Crippen LogP contribution in [0.3, 0.4) is 0 Å². The molecule has 0 aliphatic heterocycles. The highest BCUT2D eigenvalue weighted by Gasteiger charge is 2.25. The maximum atomic E-state index is 12.4. The molecule has 1 atom stereocenters. The molecule has 20 heavy (non-hydrogen) atoms. The monoisotopic (exact) mass is 270 g/mol. The number of rotatable bonds is 5. The van der Waals surface area contributed by atoms with Gasteiger partial charge in [-0.05, 0) is 25.5 Å². The third-order valence-corrected chi connectivity index (χ3v) is 4.19. The van der Waals surface area contributed by atoms with Crippen LogP contribution >= 0.6 is 0 Å². The van der Waals surface area contributed by atoms with Crippen molar-refractivity contribution in [2.45, 2.75) is 44.1 Å². The Labute approximate surface area is 121 Å². The maximum Gasteiger partial charge on any atom is 0.168 e. The second-order valence-corrected chi connectivity index (χ2v) is 5.65. The van der Waals surface area contributed by atoms with E-state index < -0.39 is 5.92 Å². The normalized spacial score (nSPS) is 17.6. The smallest absolute Gasteiger partial charge is 0.168 e. The molecule has 3 nitrogen and oxygen atoms in total. The molecule has 1 saturated carbocycles. The van der Waals surface area contributed by atoms with Crippen LogP contribution in [0.4, 0.5) is 0 Å². The largest absolute Gasteiger partial charge is 0.296 e. The van der Waals surface area contributed by atoms with E-state index in [1.807, 2.05) is 37.4 Å². The first-order valence-electron chi connectivity index (χ1n) is 7.40. The summed E-state index contributed by atoms with van der Waals surface area (Å²) in [6, 6.07) is 12.0. The van der Waals surface area contributed by atoms with E-state index in [4.69, 9.17) is 0 Å². The van der Waals surface area contributed by atoms with Crippen LogP contribution in [-0.2, 0) is 4.79 Å². The quantitative estimate of drug-likeness (QED) is 0.825. The molecule has 0 amide bonds. The Bertz CT molecular complexity index is 472. The van der Waals surface area contributed by atoms with Crippen LogP contribution in [-0.4, -0.2) is 30.3 Å². The average Bonchev–Trinajstić information content (AvgIpc) is 2.50. The van der Waals surface area contributed by atoms with Crippen molar-refractivity contribution in [2.75, 3.05) is 13.6 Å². The van der Waals surface area contributed by atoms with Gasteiger partial charge in [0.1, 0.15) is 5.92 Å². The molecule has 0 unspecified atom stereocenters. The minimum Gasteiger partial charge on any atom is -0.296 e. The number of carbonyl (C=O) groups excluding carboxylic acids is 1. The molecule has 1 aromatic carbocycles. The minimum absolute atomic E-state index is 0.00627. The molecular formula is C17H22N2O. The van der Waals surface area contributed by atoms with E-state index >= 15 is 0 Å². The summed E-state index contributed by atoms with van der Waals surface area (Å²) in [4.78, 5) is 14.5. The topological polar surface area (TPSA) is 44.1 Å². The fourth-order valence-corrected chi connectivity index (χ4v) is 2.97. The van der Waals surface area contributed by atoms with E-state index in [9.17, 15) is 10.1 Å². The molecule has 1 aromatic rings. The first-order valence-corrected chi connectivity index (χ1v) is 7.40. The lowest BCUT2D eigenvalue weighted by atomic mass is 9.92. The Morgan fingerprint density at radius 2 is 1.95 bits per heavy atom. The molecule has 106 valence electrons. The van der Waals surface area contributed by atoms with Crippen molar-refractivity contribution < 1.29 is 4.79 Å². The average molecular weight is 270 g/mol. The van der Waals surface area contributed by atoms with E-state index in [2.05, 4.69) is 11.0 Å². The van der Waals surface area contributed by atoms with Crippen LogP contribution < -0.4 is 0 Å². The summed E-state index contributed by atoms with van der Waals surface area (Å²) in [6.45, 7) is 0.373. The van der Waals surface area contributed by atoms with Crippen molar-refractivity contribution in [3.63, 3.8) is 0 Å². The summed E-state index contributed by atoms with van der Waals surface area (Å²) in [7, 11) is 2.01. The summed E-state index contributed by atoms with van der Waals surface area (Å²) in [5, 5.41) is 9.28. The van der Waals surface area contributed by atoms with Gasteiger partial charge in [0.15, 0.2) is 5.78 Å². The van der Waals surface area contributed by atoms with Gasteiger partial charge in [-0.2, -0.15) is 5.26 Å². The summed E-state index contributed by atoms with van der Waals surface area (Å²) in [5.74, 6) is -0.631. The molecule has 0 aromatic heterocycles. The SMILES string of the molecule is CN(CC(=O)[C@H](C#N)c1ccccc1)C1CCCCC1. The van der Waals surface area contributed by atoms with E-state index in [0.29, 0.717) is 12.6 Å². The molecule has 1 aliphatic rings. The van der Waals surface area contributed by atoms with Crippen LogP contribution in [0.15, 0.2) is 30.3 Å². The van der Waals surface area contributed by atoms with Crippen molar-refractivity contribution in [1.29, 1.82) is 5.26 Å². The van der Waals surface area contributed by atoms with Gasteiger partial charge in [-0.1, -0.05) is 49.6 Å². The standard InChI is InChI=1S/C17H22N2O/c1-19(15-10-6-3-7-11-15)13-17(20)16(12-18)14-8-4-2-5-9-14/h2,4-5,8-9,15-16H,3,6-7,10-11,13H2,1H3/t16-/m1/s1. The Balaban J connectivity index is 1.97. The van der Waals surface area contributed by atoms with Crippen LogP contribution in [0, 0.1) is 11.3 Å². The number of carbonyl (C=O) groups is 1. The summed E-state index contributed by atoms with van der Waals surface area (Å²) >= 11 is 0. The van der Waals surface area contributed by atoms with Crippen LogP contribution in [0.1, 0.15) is 43.6 Å². The first kappa shape index (κ1) is 14.7. The molecule has 0 heterocycles. The number of hydrogen-bond donors (Lipinski definition) is 0. The van der Waals surface area contributed by atoms with Gasteiger partial charge in [-0.25, -0.2) is 0 Å². The van der Waals surface area contributed by atoms with Crippen LogP contribution in [0.2, 0.25) is 0 Å². The molecule has 3 heteroatoms. The zero-order chi connectivity index (χ0) is 14.4. The molecule has 0 bridgehead atoms. The molecule has 0 spiro atoms. The van der Waals surface area contributed by atoms with Crippen molar-refractivity contribution >= 4 is 5.78 Å². The van der Waals surface area contributed by atoms with Gasteiger partial charge in [0.25, 0.3) is 0 Å². The zero-order valence-corrected chi connectivity index (χ0v) is 12.1. The lowest BCUT2D eigenvalue weighted by Gasteiger charge is -2.31. The van der Waals surface area contributed by atoms with E-state index in [0.717, 1.165) is 5.56 Å². The molecule has 2 rings (SSSR count). The van der Waals surface area contributed by atoms with Crippen molar-refractivity contribution in [2.24, 2.45) is 0 Å². The van der Waals surface area contributed by atoms with Crippen LogP contribution in [0.25, 0.3) is 0 Å². The summed E-state index contributed by atoms with van der Waals surface area (Å²) in [6.07, 6.45) is 6.16. The van der Waals surface area contributed by atoms with Crippen LogP contribution in [0.5, 0.6) is 0 Å². The second kappa shape index (κ2) is 7.21. The zero-order valence-electron chi connectivity index (χ0n) is 12.1. The molecule has 1 aliphatic carbocycles. The molecule has 0 radical (unpaired) electrons. The van der Waals surface area contributed by atoms with E-state index in [1.165, 1.54) is 32.1 Å². The Morgan fingerprint density at radius 1 is 1.30 bits per heavy atom. The lowest BCUT2D eigenvalue weighted by molar-refractivity contribution is -0.120. The van der Waals surface area contributed by atoms with Crippen molar-refractivity contribution in [3.05, 3.63) is 35.9 Å². The Kier molecular flexibility index (Phi) is 5.31. The number of benzene rings is 1. The highest BCUT2D eigenvalue weighted by Crippen LogP contribution is 2.23. The Hall–Kier alpha value is -1.66. The maximum absolute atomic E-state index is 12.4. The number of hydrogen-bond acceptors (Lipinski definition) is 3. The molecular weight excluding hydrogens is 248 g/mol. The summed E-state index contributed by atoms with van der Waals surface area (Å²) in [5.41, 5.74) is 0.803. The van der Waals surface area contributed by atoms with Gasteiger partial charge in [0.05, 0.1) is 12.6 Å². The predicted octanol–water partition coefficient (Wildman–Crippen LogP) is 3.13. The lowest BCUT2D eigenvalue weighted by Crippen LogP contribution is -2.38. The predicted molar refractivity (Wildman–Crippen MR) is 79.3 cm³/mol. The number of Topliss-reactive ketones (excluding diaryl/α,β-unsaturated/α-hetero) is 1. The fourth-order valence-electron chi connectivity index (χ4n) is 2.97. The molecule has 0 N–H and O–H groups in total. The van der Waals surface area contributed by atoms with Gasteiger partial charge in [0, 0.05) is 6.04 Å². The van der Waals surface area contributed by atoms with Crippen molar-refractivity contribution in [3.8, 4) is 6.07 Å². The van der Waals surface area contributed by atoms with Gasteiger partial charge in [-0.15, -0.1) is 0 Å². The second-order valence-electron chi connectivity index (χ2n) is 5.65. The third kappa shape index (κ3) is 3.68. The third-order valence-electron chi connectivity index (χ3n) is 4.19. The summed E-state index contributed by atoms with van der Waals surface area (Å²) < 4.78 is 0. The molecule has 1 fully saturated rings. The Morgan fingerprint density at radius 3 is 2.55 bits per heavy atom. The molecule has 0 saturated heterocycles. The first-order chi connectivity index (χ1) is 9.72. The number of nitriles is 1. The minimum atomic E-state index is -0.637. The number of nitrogens with zero attached hydrogens (tertiary/aromatic N) is 2.